The number of carbonyl (C=O) groups excluding carboxylic acids is 1. The molecule has 2 aromatic carbocycles. The topological polar surface area (TPSA) is 75.1 Å². The van der Waals surface area contributed by atoms with Crippen LogP contribution in [-0.2, 0) is 0 Å². The van der Waals surface area contributed by atoms with E-state index in [1.165, 1.54) is 0 Å². The first-order valence-electron chi connectivity index (χ1n) is 7.54. The molecule has 130 valence electrons. The van der Waals surface area contributed by atoms with Crippen LogP contribution >= 0.6 is 11.6 Å². The maximum atomic E-state index is 12.0. The number of hydrogen-bond donors (Lipinski definition) is 2. The lowest BCUT2D eigenvalue weighted by Crippen LogP contribution is -2.20. The molecule has 2 aromatic rings. The summed E-state index contributed by atoms with van der Waals surface area (Å²) in [7, 11) is 1.56. The van der Waals surface area contributed by atoms with Crippen molar-refractivity contribution in [1.82, 2.24) is 5.43 Å². The molecular formula is C18H19ClN4O2. The highest BCUT2D eigenvalue weighted by Gasteiger charge is 2.06. The van der Waals surface area contributed by atoms with Gasteiger partial charge in [-0.05, 0) is 50.2 Å². The van der Waals surface area contributed by atoms with Gasteiger partial charge >= 0.3 is 0 Å². The summed E-state index contributed by atoms with van der Waals surface area (Å²) in [6.45, 7) is 3.65. The molecule has 0 fully saturated rings. The Morgan fingerprint density at radius 3 is 2.28 bits per heavy atom. The van der Waals surface area contributed by atoms with E-state index in [1.54, 1.807) is 38.3 Å². The van der Waals surface area contributed by atoms with Gasteiger partial charge in [0, 0.05) is 5.56 Å². The van der Waals surface area contributed by atoms with Crippen LogP contribution in [0.25, 0.3) is 0 Å². The Labute approximate surface area is 151 Å². The Kier molecular flexibility index (Phi) is 6.54. The van der Waals surface area contributed by atoms with Gasteiger partial charge in [-0.1, -0.05) is 29.3 Å². The Bertz CT molecular complexity index is 784. The Hall–Kier alpha value is -2.86. The predicted octanol–water partition coefficient (Wildman–Crippen LogP) is 3.77. The summed E-state index contributed by atoms with van der Waals surface area (Å²) in [6, 6.07) is 14.4. The van der Waals surface area contributed by atoms with Gasteiger partial charge in [-0.15, -0.1) is 0 Å². The third-order valence-electron chi connectivity index (χ3n) is 3.31. The first-order valence-corrected chi connectivity index (χ1v) is 7.92. The van der Waals surface area contributed by atoms with E-state index in [9.17, 15) is 4.79 Å². The molecule has 0 aromatic heterocycles. The summed E-state index contributed by atoms with van der Waals surface area (Å²) in [6.07, 6.45) is 0. The number of nitrogens with zero attached hydrogens (tertiary/aromatic N) is 2. The van der Waals surface area contributed by atoms with E-state index in [-0.39, 0.29) is 11.1 Å². The molecule has 0 unspecified atom stereocenters. The summed E-state index contributed by atoms with van der Waals surface area (Å²) in [5.74, 6) is 0.326. The second kappa shape index (κ2) is 8.84. The van der Waals surface area contributed by atoms with Crippen LogP contribution in [-0.4, -0.2) is 23.9 Å². The molecule has 25 heavy (non-hydrogen) atoms. The third kappa shape index (κ3) is 5.61. The van der Waals surface area contributed by atoms with Gasteiger partial charge in [0.05, 0.1) is 18.5 Å². The van der Waals surface area contributed by atoms with E-state index in [2.05, 4.69) is 21.1 Å². The Balaban J connectivity index is 1.95. The molecule has 0 bridgehead atoms. The fourth-order valence-electron chi connectivity index (χ4n) is 1.81. The molecule has 7 heteroatoms. The lowest BCUT2D eigenvalue weighted by Gasteiger charge is -2.04. The van der Waals surface area contributed by atoms with Crippen molar-refractivity contribution in [3.8, 4) is 5.75 Å². The average Bonchev–Trinajstić information content (AvgIpc) is 2.65. The van der Waals surface area contributed by atoms with Crippen molar-refractivity contribution in [1.29, 1.82) is 0 Å². The number of benzene rings is 2. The van der Waals surface area contributed by atoms with Crippen LogP contribution in [0.1, 0.15) is 22.8 Å². The molecule has 0 saturated carbocycles. The summed E-state index contributed by atoms with van der Waals surface area (Å²) in [5.41, 5.74) is 8.07. The average molecular weight is 359 g/mol. The molecule has 0 aliphatic rings. The highest BCUT2D eigenvalue weighted by Crippen LogP contribution is 2.11. The maximum absolute atomic E-state index is 12.0. The van der Waals surface area contributed by atoms with Gasteiger partial charge in [0.2, 0.25) is 0 Å². The van der Waals surface area contributed by atoms with Crippen molar-refractivity contribution in [2.75, 3.05) is 12.5 Å². The third-order valence-corrected chi connectivity index (χ3v) is 3.67. The van der Waals surface area contributed by atoms with Crippen molar-refractivity contribution in [3.05, 3.63) is 59.7 Å². The van der Waals surface area contributed by atoms with Crippen molar-refractivity contribution < 1.29 is 9.53 Å². The lowest BCUT2D eigenvalue weighted by atomic mass is 10.2. The molecule has 0 aliphatic heterocycles. The van der Waals surface area contributed by atoms with Crippen LogP contribution in [0.4, 0.5) is 5.69 Å². The van der Waals surface area contributed by atoms with Crippen LogP contribution in [0.15, 0.2) is 58.7 Å². The van der Waals surface area contributed by atoms with Gasteiger partial charge in [-0.2, -0.15) is 10.2 Å². The number of halogens is 1. The maximum Gasteiger partial charge on any atom is 0.271 e. The molecule has 0 atom stereocenters. The Morgan fingerprint density at radius 2 is 1.68 bits per heavy atom. The van der Waals surface area contributed by atoms with Crippen molar-refractivity contribution in [3.63, 3.8) is 0 Å². The number of methoxy groups -OCH3 is 1. The summed E-state index contributed by atoms with van der Waals surface area (Å²) < 4.78 is 5.05. The van der Waals surface area contributed by atoms with Gasteiger partial charge in [-0.25, -0.2) is 5.43 Å². The number of nitrogens with one attached hydrogen (secondary N) is 2. The second-order valence-electron chi connectivity index (χ2n) is 5.25. The highest BCUT2D eigenvalue weighted by molar-refractivity contribution is 6.83. The molecule has 2 N–H and O–H groups in total. The molecular weight excluding hydrogens is 340 g/mol. The summed E-state index contributed by atoms with van der Waals surface area (Å²) in [4.78, 5) is 12.0. The number of aryl methyl sites for hydroxylation is 1. The van der Waals surface area contributed by atoms with Gasteiger partial charge in [-0.3, -0.25) is 10.2 Å². The van der Waals surface area contributed by atoms with E-state index >= 15 is 0 Å². The normalized spacial score (nSPS) is 11.8. The number of hydrazone groups is 2. The summed E-state index contributed by atoms with van der Waals surface area (Å²) in [5, 5.41) is 8.13. The molecule has 0 radical (unpaired) electrons. The minimum absolute atomic E-state index is 0.149. The SMILES string of the molecule is COc1ccc(C(=O)N/N=C(C)/C(Cl)=N/Nc2ccc(C)cc2)cc1. The van der Waals surface area contributed by atoms with E-state index in [4.69, 9.17) is 16.3 Å². The quantitative estimate of drug-likeness (QED) is 0.609. The predicted molar refractivity (Wildman–Crippen MR) is 102 cm³/mol. The molecule has 1 amide bonds. The Morgan fingerprint density at radius 1 is 1.04 bits per heavy atom. The minimum Gasteiger partial charge on any atom is -0.497 e. The number of anilines is 1. The number of amides is 1. The fourth-order valence-corrected chi connectivity index (χ4v) is 1.89. The molecule has 0 aliphatic carbocycles. The van der Waals surface area contributed by atoms with Crippen molar-refractivity contribution in [2.45, 2.75) is 13.8 Å². The van der Waals surface area contributed by atoms with Crippen LogP contribution < -0.4 is 15.6 Å². The molecule has 0 saturated heterocycles. The van der Waals surface area contributed by atoms with E-state index in [0.29, 0.717) is 17.0 Å². The van der Waals surface area contributed by atoms with Crippen LogP contribution in [0.2, 0.25) is 0 Å². The van der Waals surface area contributed by atoms with E-state index in [1.807, 2.05) is 31.2 Å². The van der Waals surface area contributed by atoms with Crippen molar-refractivity contribution in [2.24, 2.45) is 10.2 Å². The first kappa shape index (κ1) is 18.5. The molecule has 0 heterocycles. The van der Waals surface area contributed by atoms with Gasteiger partial charge < -0.3 is 4.74 Å². The monoisotopic (exact) mass is 358 g/mol. The number of hydrogen-bond acceptors (Lipinski definition) is 5. The van der Waals surface area contributed by atoms with Crippen LogP contribution in [0.3, 0.4) is 0 Å². The van der Waals surface area contributed by atoms with Gasteiger partial charge in [0.25, 0.3) is 5.91 Å². The molecule has 6 nitrogen and oxygen atoms in total. The zero-order valence-electron chi connectivity index (χ0n) is 14.2. The van der Waals surface area contributed by atoms with Crippen LogP contribution in [0.5, 0.6) is 5.75 Å². The smallest absolute Gasteiger partial charge is 0.271 e. The van der Waals surface area contributed by atoms with Crippen LogP contribution in [0, 0.1) is 6.92 Å². The molecule has 0 spiro atoms. The van der Waals surface area contributed by atoms with Crippen molar-refractivity contribution >= 4 is 34.1 Å². The van der Waals surface area contributed by atoms with E-state index in [0.717, 1.165) is 11.3 Å². The number of rotatable bonds is 6. The van der Waals surface area contributed by atoms with Gasteiger partial charge in [0.15, 0.2) is 5.17 Å². The molecule has 2 rings (SSSR count). The van der Waals surface area contributed by atoms with Gasteiger partial charge in [0.1, 0.15) is 5.75 Å². The summed E-state index contributed by atoms with van der Waals surface area (Å²) >= 11 is 6.07. The minimum atomic E-state index is -0.349. The lowest BCUT2D eigenvalue weighted by molar-refractivity contribution is 0.0955. The number of ether oxygens (including phenoxy) is 1. The first-order chi connectivity index (χ1) is 12.0. The standard InChI is InChI=1S/C18H19ClN4O2/c1-12-4-8-15(9-5-12)21-22-17(19)13(2)20-23-18(24)14-6-10-16(25-3)11-7-14/h4-11,21H,1-3H3,(H,23,24)/b20-13+,22-17-. The zero-order valence-corrected chi connectivity index (χ0v) is 15.0. The zero-order chi connectivity index (χ0) is 18.2. The van der Waals surface area contributed by atoms with E-state index < -0.39 is 0 Å². The fraction of sp³-hybridized carbons (Fsp3) is 0.167. The highest BCUT2D eigenvalue weighted by atomic mass is 35.5. The number of carbonyl (C=O) groups is 1. The second-order valence-corrected chi connectivity index (χ2v) is 5.61. The largest absolute Gasteiger partial charge is 0.497 e.